The number of unbranched alkanes of at least 4 members (excludes halogenated alkanes) is 1. The predicted molar refractivity (Wildman–Crippen MR) is 142 cm³/mol. The van der Waals surface area contributed by atoms with E-state index in [1.54, 1.807) is 0 Å². The van der Waals surface area contributed by atoms with E-state index in [0.29, 0.717) is 25.2 Å². The molecule has 3 rings (SSSR count). The number of ether oxygens (including phenoxy) is 3. The molecule has 12 nitrogen and oxygen atoms in total. The van der Waals surface area contributed by atoms with Gasteiger partial charge in [0.2, 0.25) is 23.1 Å². The fourth-order valence-electron chi connectivity index (χ4n) is 5.83. The summed E-state index contributed by atoms with van der Waals surface area (Å²) in [5, 5.41) is 52.6. The van der Waals surface area contributed by atoms with Crippen LogP contribution in [-0.2, 0) is 39.8 Å². The summed E-state index contributed by atoms with van der Waals surface area (Å²) in [6, 6.07) is 9.38. The van der Waals surface area contributed by atoms with Gasteiger partial charge in [-0.05, 0) is 49.5 Å². The second kappa shape index (κ2) is 12.8. The van der Waals surface area contributed by atoms with E-state index in [-0.39, 0.29) is 25.2 Å². The monoisotopic (exact) mass is 580 g/mol. The molecule has 12 heteroatoms. The molecule has 2 unspecified atom stereocenters. The minimum Gasteiger partial charge on any atom is -0.479 e. The average Bonchev–Trinajstić information content (AvgIpc) is 3.14. The molecule has 2 aliphatic heterocycles. The maximum absolute atomic E-state index is 12.9. The lowest BCUT2D eigenvalue weighted by atomic mass is 9.74. The van der Waals surface area contributed by atoms with Crippen LogP contribution in [0.2, 0.25) is 0 Å². The Labute approximate surface area is 238 Å². The van der Waals surface area contributed by atoms with Crippen molar-refractivity contribution in [1.29, 1.82) is 0 Å². The number of hydrogen-bond donors (Lipinski definition) is 5. The van der Waals surface area contributed by atoms with Crippen molar-refractivity contribution in [3.63, 3.8) is 0 Å². The number of fused-ring (bicyclic) bond motifs is 2. The number of benzene rings is 1. The Morgan fingerprint density at radius 1 is 1.00 bits per heavy atom. The molecule has 2 aliphatic rings. The van der Waals surface area contributed by atoms with E-state index in [1.807, 2.05) is 44.2 Å². The van der Waals surface area contributed by atoms with Crippen molar-refractivity contribution in [3.8, 4) is 0 Å². The third kappa shape index (κ3) is 6.11. The number of carbonyl (C=O) groups excluding carboxylic acids is 1. The van der Waals surface area contributed by atoms with Gasteiger partial charge in [-0.25, -0.2) is 14.4 Å². The van der Waals surface area contributed by atoms with E-state index in [4.69, 9.17) is 14.2 Å². The summed E-state index contributed by atoms with van der Waals surface area (Å²) in [5.74, 6) is -9.21. The number of aryl methyl sites for hydroxylation is 1. The molecule has 0 aromatic heterocycles. The highest BCUT2D eigenvalue weighted by Crippen LogP contribution is 2.55. The summed E-state index contributed by atoms with van der Waals surface area (Å²) in [5.41, 5.74) is -6.14. The van der Waals surface area contributed by atoms with Crippen LogP contribution in [0.15, 0.2) is 30.3 Å². The van der Waals surface area contributed by atoms with Gasteiger partial charge in [-0.2, -0.15) is 0 Å². The SMILES string of the molecule is CCC(C)CC(C)CCC(=O)O[C@@H]1[C@@H](O)[C@]2(CCCCc3ccccc3)O[C@H](C(=O)O)[C@@](O)(C(=O)O)[C@@]1(C(=O)O)O2. The van der Waals surface area contributed by atoms with Crippen molar-refractivity contribution < 1.29 is 58.9 Å². The number of aliphatic carboxylic acids is 3. The first-order chi connectivity index (χ1) is 19.2. The minimum absolute atomic E-state index is 0.113. The Bertz CT molecular complexity index is 1110. The van der Waals surface area contributed by atoms with E-state index in [1.165, 1.54) is 0 Å². The van der Waals surface area contributed by atoms with Crippen LogP contribution in [0.25, 0.3) is 0 Å². The number of rotatable bonds is 15. The fraction of sp³-hybridized carbons (Fsp3) is 0.655. The molecule has 1 aromatic carbocycles. The molecule has 2 fully saturated rings. The Kier molecular flexibility index (Phi) is 10.2. The number of hydrogen-bond acceptors (Lipinski definition) is 9. The maximum atomic E-state index is 12.9. The fourth-order valence-corrected chi connectivity index (χ4v) is 5.83. The van der Waals surface area contributed by atoms with Gasteiger partial charge in [-0.15, -0.1) is 0 Å². The second-order valence-corrected chi connectivity index (χ2v) is 11.3. The van der Waals surface area contributed by atoms with Gasteiger partial charge in [0.1, 0.15) is 6.10 Å². The van der Waals surface area contributed by atoms with Crippen molar-refractivity contribution in [1.82, 2.24) is 0 Å². The molecule has 2 bridgehead atoms. The first kappa shape index (κ1) is 32.5. The molecule has 2 saturated heterocycles. The van der Waals surface area contributed by atoms with Crippen LogP contribution in [0.1, 0.15) is 71.3 Å². The zero-order valence-corrected chi connectivity index (χ0v) is 23.5. The van der Waals surface area contributed by atoms with Crippen molar-refractivity contribution in [2.75, 3.05) is 0 Å². The zero-order valence-electron chi connectivity index (χ0n) is 23.5. The molecule has 228 valence electrons. The molecule has 41 heavy (non-hydrogen) atoms. The van der Waals surface area contributed by atoms with Crippen LogP contribution in [0.5, 0.6) is 0 Å². The summed E-state index contributed by atoms with van der Waals surface area (Å²) in [6.07, 6.45) is -4.05. The highest BCUT2D eigenvalue weighted by Gasteiger charge is 2.85. The molecule has 2 heterocycles. The van der Waals surface area contributed by atoms with Gasteiger partial charge in [-0.1, -0.05) is 57.5 Å². The highest BCUT2D eigenvalue weighted by molar-refractivity contribution is 5.98. The third-order valence-electron chi connectivity index (χ3n) is 8.29. The normalized spacial score (nSPS) is 32.2. The second-order valence-electron chi connectivity index (χ2n) is 11.3. The van der Waals surface area contributed by atoms with Gasteiger partial charge in [-0.3, -0.25) is 4.79 Å². The van der Waals surface area contributed by atoms with Crippen LogP contribution in [-0.4, -0.2) is 84.7 Å². The topological polar surface area (TPSA) is 197 Å². The first-order valence-electron chi connectivity index (χ1n) is 14.0. The number of esters is 1. The number of carboxylic acid groups (broad SMARTS) is 3. The van der Waals surface area contributed by atoms with E-state index in [0.717, 1.165) is 18.4 Å². The Hall–Kier alpha value is -3.06. The lowest BCUT2D eigenvalue weighted by Gasteiger charge is -2.48. The largest absolute Gasteiger partial charge is 0.479 e. The molecular formula is C29H40O12. The van der Waals surface area contributed by atoms with E-state index in [9.17, 15) is 44.7 Å². The van der Waals surface area contributed by atoms with Gasteiger partial charge in [0.25, 0.3) is 0 Å². The van der Waals surface area contributed by atoms with Crippen molar-refractivity contribution in [2.45, 2.75) is 107 Å². The van der Waals surface area contributed by atoms with Gasteiger partial charge in [0, 0.05) is 12.8 Å². The summed E-state index contributed by atoms with van der Waals surface area (Å²) in [4.78, 5) is 50.1. The molecule has 0 amide bonds. The zero-order chi connectivity index (χ0) is 30.6. The lowest BCUT2D eigenvalue weighted by molar-refractivity contribution is -0.374. The highest BCUT2D eigenvalue weighted by atomic mass is 16.8. The number of carboxylic acids is 3. The van der Waals surface area contributed by atoms with Crippen LogP contribution in [0, 0.1) is 11.8 Å². The Morgan fingerprint density at radius 3 is 2.22 bits per heavy atom. The summed E-state index contributed by atoms with van der Waals surface area (Å²) in [7, 11) is 0. The van der Waals surface area contributed by atoms with Crippen molar-refractivity contribution in [3.05, 3.63) is 35.9 Å². The molecule has 0 aliphatic carbocycles. The Morgan fingerprint density at radius 2 is 1.66 bits per heavy atom. The van der Waals surface area contributed by atoms with Gasteiger partial charge >= 0.3 is 23.9 Å². The number of aliphatic hydroxyl groups is 2. The first-order valence-corrected chi connectivity index (χ1v) is 14.0. The van der Waals surface area contributed by atoms with Crippen LogP contribution >= 0.6 is 0 Å². The maximum Gasteiger partial charge on any atom is 0.344 e. The van der Waals surface area contributed by atoms with Crippen LogP contribution in [0.4, 0.5) is 0 Å². The predicted octanol–water partition coefficient (Wildman–Crippen LogP) is 2.37. The van der Waals surface area contributed by atoms with E-state index in [2.05, 4.69) is 6.92 Å². The quantitative estimate of drug-likeness (QED) is 0.150. The molecule has 0 radical (unpaired) electrons. The van der Waals surface area contributed by atoms with Crippen molar-refractivity contribution >= 4 is 23.9 Å². The third-order valence-corrected chi connectivity index (χ3v) is 8.29. The number of carbonyl (C=O) groups is 4. The lowest BCUT2D eigenvalue weighted by Crippen LogP contribution is -2.78. The average molecular weight is 581 g/mol. The smallest absolute Gasteiger partial charge is 0.344 e. The minimum atomic E-state index is -3.76. The van der Waals surface area contributed by atoms with Gasteiger partial charge in [0.15, 0.2) is 6.10 Å². The molecular weight excluding hydrogens is 540 g/mol. The van der Waals surface area contributed by atoms with Crippen LogP contribution in [0.3, 0.4) is 0 Å². The van der Waals surface area contributed by atoms with Crippen LogP contribution < -0.4 is 0 Å². The van der Waals surface area contributed by atoms with Crippen molar-refractivity contribution in [2.24, 2.45) is 11.8 Å². The number of aliphatic hydroxyl groups excluding tert-OH is 1. The molecule has 8 atom stereocenters. The molecule has 1 aromatic rings. The Balaban J connectivity index is 1.92. The summed E-state index contributed by atoms with van der Waals surface area (Å²) in [6.45, 7) is 6.06. The molecule has 0 saturated carbocycles. The molecule has 5 N–H and O–H groups in total. The van der Waals surface area contributed by atoms with E-state index >= 15 is 0 Å². The van der Waals surface area contributed by atoms with Gasteiger partial charge in [0.05, 0.1) is 0 Å². The standard InChI is InChI=1S/C29H40O12/c1-4-17(2)16-18(3)13-14-20(30)39-22-21(31)27(15-9-8-12-19-10-6-5-7-11-19)40-23(24(32)33)28(38,25(34)35)29(22,41-27)26(36)37/h5-7,10-11,17-18,21-23,31,38H,4,8-9,12-16H2,1-3H3,(H,32,33)(H,34,35)(H,36,37)/t17?,18?,21-,22-,23-,27-,28-,29-/m1/s1. The molecule has 0 spiro atoms. The summed E-state index contributed by atoms with van der Waals surface area (Å²) >= 11 is 0. The van der Waals surface area contributed by atoms with E-state index < -0.39 is 59.2 Å². The van der Waals surface area contributed by atoms with Gasteiger partial charge < -0.3 is 39.7 Å². The summed E-state index contributed by atoms with van der Waals surface area (Å²) < 4.78 is 16.4.